The first kappa shape index (κ1) is 13.8. The van der Waals surface area contributed by atoms with Gasteiger partial charge in [0.2, 0.25) is 0 Å². The predicted molar refractivity (Wildman–Crippen MR) is 73.6 cm³/mol. The molecule has 0 aliphatic rings. The normalized spacial score (nSPS) is 10.9. The monoisotopic (exact) mass is 281 g/mol. The van der Waals surface area contributed by atoms with E-state index in [0.717, 1.165) is 5.69 Å². The molecule has 0 saturated carbocycles. The largest absolute Gasteiger partial charge is 0.396 e. The number of carbonyl (C=O) groups excluding carboxylic acids is 1. The molecule has 1 amide bonds. The summed E-state index contributed by atoms with van der Waals surface area (Å²) in [6, 6.07) is 3.45. The van der Waals surface area contributed by atoms with Crippen molar-refractivity contribution >= 4 is 23.2 Å². The summed E-state index contributed by atoms with van der Waals surface area (Å²) < 4.78 is 1.74. The molecule has 2 aromatic rings. The summed E-state index contributed by atoms with van der Waals surface area (Å²) in [6.07, 6.45) is 2.95. The van der Waals surface area contributed by atoms with Gasteiger partial charge in [0.25, 0.3) is 5.91 Å². The zero-order chi connectivity index (χ0) is 13.8. The van der Waals surface area contributed by atoms with E-state index in [4.69, 9.17) is 16.7 Å². The zero-order valence-electron chi connectivity index (χ0n) is 10.7. The highest BCUT2D eigenvalue weighted by Crippen LogP contribution is 2.17. The second kappa shape index (κ2) is 6.04. The van der Waals surface area contributed by atoms with Crippen LogP contribution >= 0.6 is 11.6 Å². The average Bonchev–Trinajstić information content (AvgIpc) is 2.76. The molecule has 0 unspecified atom stereocenters. The van der Waals surface area contributed by atoms with Crippen LogP contribution in [0.25, 0.3) is 5.65 Å². The van der Waals surface area contributed by atoms with E-state index in [-0.39, 0.29) is 12.5 Å². The lowest BCUT2D eigenvalue weighted by Gasteiger charge is -2.05. The van der Waals surface area contributed by atoms with Crippen molar-refractivity contribution in [2.24, 2.45) is 0 Å². The lowest BCUT2D eigenvalue weighted by molar-refractivity contribution is 0.0944. The molecular weight excluding hydrogens is 266 g/mol. The first-order valence-electron chi connectivity index (χ1n) is 6.23. The molecule has 0 aromatic carbocycles. The first-order valence-corrected chi connectivity index (χ1v) is 6.60. The molecule has 0 fully saturated rings. The van der Waals surface area contributed by atoms with Crippen LogP contribution in [0.1, 0.15) is 29.5 Å². The molecule has 0 atom stereocenters. The highest BCUT2D eigenvalue weighted by Gasteiger charge is 2.17. The average molecular weight is 282 g/mol. The topological polar surface area (TPSA) is 66.6 Å². The van der Waals surface area contributed by atoms with Gasteiger partial charge in [0, 0.05) is 30.4 Å². The molecule has 0 spiro atoms. The zero-order valence-corrected chi connectivity index (χ0v) is 11.4. The first-order chi connectivity index (χ1) is 9.17. The number of halogens is 1. The fraction of sp³-hybridized carbons (Fsp3) is 0.385. The fourth-order valence-electron chi connectivity index (χ4n) is 1.92. The van der Waals surface area contributed by atoms with E-state index in [1.165, 1.54) is 0 Å². The van der Waals surface area contributed by atoms with Crippen molar-refractivity contribution in [1.82, 2.24) is 14.7 Å². The van der Waals surface area contributed by atoms with Crippen molar-refractivity contribution in [3.63, 3.8) is 0 Å². The van der Waals surface area contributed by atoms with E-state index >= 15 is 0 Å². The van der Waals surface area contributed by atoms with Gasteiger partial charge in [0.05, 0.1) is 5.69 Å². The lowest BCUT2D eigenvalue weighted by Crippen LogP contribution is -2.27. The molecule has 2 rings (SSSR count). The summed E-state index contributed by atoms with van der Waals surface area (Å²) >= 11 is 5.92. The molecule has 0 radical (unpaired) electrons. The highest BCUT2D eigenvalue weighted by molar-refractivity contribution is 6.30. The van der Waals surface area contributed by atoms with Crippen LogP contribution in [0.15, 0.2) is 18.3 Å². The van der Waals surface area contributed by atoms with E-state index in [0.29, 0.717) is 35.8 Å². The molecule has 0 bridgehead atoms. The van der Waals surface area contributed by atoms with Gasteiger partial charge in [-0.2, -0.15) is 0 Å². The Hall–Kier alpha value is -1.59. The molecule has 2 aromatic heterocycles. The number of amides is 1. The van der Waals surface area contributed by atoms with E-state index in [9.17, 15) is 4.79 Å². The second-order valence-electron chi connectivity index (χ2n) is 4.17. The Kier molecular flexibility index (Phi) is 4.39. The number of nitrogens with zero attached hydrogens (tertiary/aromatic N) is 2. The Morgan fingerprint density at radius 1 is 1.58 bits per heavy atom. The molecule has 102 valence electrons. The summed E-state index contributed by atoms with van der Waals surface area (Å²) in [6.45, 7) is 2.46. The van der Waals surface area contributed by atoms with Crippen molar-refractivity contribution in [1.29, 1.82) is 0 Å². The van der Waals surface area contributed by atoms with Crippen molar-refractivity contribution in [2.75, 3.05) is 13.2 Å². The predicted octanol–water partition coefficient (Wildman–Crippen LogP) is 1.66. The third-order valence-corrected chi connectivity index (χ3v) is 3.07. The third kappa shape index (κ3) is 2.88. The van der Waals surface area contributed by atoms with Gasteiger partial charge >= 0.3 is 0 Å². The Labute approximate surface area is 116 Å². The van der Waals surface area contributed by atoms with Gasteiger partial charge in [-0.25, -0.2) is 4.98 Å². The molecule has 2 N–H and O–H groups in total. The molecule has 19 heavy (non-hydrogen) atoms. The van der Waals surface area contributed by atoms with Gasteiger partial charge in [-0.3, -0.25) is 9.20 Å². The van der Waals surface area contributed by atoms with Crippen LogP contribution in [0.4, 0.5) is 0 Å². The maximum Gasteiger partial charge on any atom is 0.270 e. The number of imidazole rings is 1. The Morgan fingerprint density at radius 2 is 2.37 bits per heavy atom. The number of hydrogen-bond acceptors (Lipinski definition) is 3. The molecule has 6 heteroatoms. The summed E-state index contributed by atoms with van der Waals surface area (Å²) in [5.74, 6) is -0.180. The molecular formula is C13H16ClN3O2. The maximum absolute atomic E-state index is 12.2. The Morgan fingerprint density at radius 3 is 3.05 bits per heavy atom. The van der Waals surface area contributed by atoms with Crippen molar-refractivity contribution in [2.45, 2.75) is 19.8 Å². The third-order valence-electron chi connectivity index (χ3n) is 2.83. The summed E-state index contributed by atoms with van der Waals surface area (Å²) in [5.41, 5.74) is 1.94. The minimum Gasteiger partial charge on any atom is -0.396 e. The Balaban J connectivity index is 2.37. The molecule has 0 aliphatic heterocycles. The summed E-state index contributed by atoms with van der Waals surface area (Å²) in [4.78, 5) is 16.6. The van der Waals surface area contributed by atoms with Crippen LogP contribution in [-0.4, -0.2) is 33.6 Å². The quantitative estimate of drug-likeness (QED) is 0.819. The van der Waals surface area contributed by atoms with Crippen LogP contribution in [0, 0.1) is 0 Å². The fourth-order valence-corrected chi connectivity index (χ4v) is 2.07. The molecule has 0 aliphatic carbocycles. The highest BCUT2D eigenvalue weighted by atomic mass is 35.5. The molecule has 2 heterocycles. The van der Waals surface area contributed by atoms with Crippen molar-refractivity contribution < 1.29 is 9.90 Å². The number of pyridine rings is 1. The van der Waals surface area contributed by atoms with Crippen molar-refractivity contribution in [3.05, 3.63) is 34.7 Å². The summed E-state index contributed by atoms with van der Waals surface area (Å²) in [5, 5.41) is 12.1. The van der Waals surface area contributed by atoms with Gasteiger partial charge < -0.3 is 10.4 Å². The van der Waals surface area contributed by atoms with Gasteiger partial charge in [-0.1, -0.05) is 18.5 Å². The van der Waals surface area contributed by atoms with Crippen LogP contribution < -0.4 is 5.32 Å². The second-order valence-corrected chi connectivity index (χ2v) is 4.60. The van der Waals surface area contributed by atoms with Crippen molar-refractivity contribution in [3.8, 4) is 0 Å². The smallest absolute Gasteiger partial charge is 0.270 e. The number of nitrogens with one attached hydrogen (secondary N) is 1. The van der Waals surface area contributed by atoms with Gasteiger partial charge in [-0.05, 0) is 18.9 Å². The standard InChI is InChI=1S/C13H16ClN3O2/c1-2-10-12(13(19)15-5-3-7-18)17-6-4-9(14)8-11(17)16-10/h4,6,8,18H,2-3,5,7H2,1H3,(H,15,19). The van der Waals surface area contributed by atoms with Gasteiger partial charge in [-0.15, -0.1) is 0 Å². The molecule has 0 saturated heterocycles. The van der Waals surface area contributed by atoms with Crippen LogP contribution in [0.5, 0.6) is 0 Å². The number of rotatable bonds is 5. The Bertz CT molecular complexity index is 595. The van der Waals surface area contributed by atoms with Gasteiger partial charge in [0.1, 0.15) is 11.3 Å². The number of aryl methyl sites for hydroxylation is 1. The number of carbonyl (C=O) groups is 1. The van der Waals surface area contributed by atoms with Crippen LogP contribution in [0.3, 0.4) is 0 Å². The number of aromatic nitrogens is 2. The number of hydrogen-bond donors (Lipinski definition) is 2. The number of aliphatic hydroxyl groups excluding tert-OH is 1. The SMILES string of the molecule is CCc1nc2cc(Cl)ccn2c1C(=O)NCCCO. The molecule has 5 nitrogen and oxygen atoms in total. The minimum atomic E-state index is -0.180. The summed E-state index contributed by atoms with van der Waals surface area (Å²) in [7, 11) is 0. The van der Waals surface area contributed by atoms with E-state index in [1.807, 2.05) is 6.92 Å². The maximum atomic E-state index is 12.2. The lowest BCUT2D eigenvalue weighted by atomic mass is 10.2. The van der Waals surface area contributed by atoms with Crippen LogP contribution in [0.2, 0.25) is 5.02 Å². The van der Waals surface area contributed by atoms with E-state index < -0.39 is 0 Å². The van der Waals surface area contributed by atoms with E-state index in [2.05, 4.69) is 10.3 Å². The number of fused-ring (bicyclic) bond motifs is 1. The van der Waals surface area contributed by atoms with E-state index in [1.54, 1.807) is 22.7 Å². The van der Waals surface area contributed by atoms with Crippen LogP contribution in [-0.2, 0) is 6.42 Å². The number of aliphatic hydroxyl groups is 1. The minimum absolute atomic E-state index is 0.0592. The van der Waals surface area contributed by atoms with Gasteiger partial charge in [0.15, 0.2) is 0 Å².